The number of rotatable bonds is 7. The van der Waals surface area contributed by atoms with Crippen LogP contribution in [0.4, 0.5) is 17.1 Å². The predicted octanol–water partition coefficient (Wildman–Crippen LogP) is 16.4. The normalized spacial score (nSPS) is 12.6. The smallest absolute Gasteiger partial charge is 0.0467 e. The highest BCUT2D eigenvalue weighted by molar-refractivity contribution is 5.94. The first-order chi connectivity index (χ1) is 29.5. The molecule has 0 fully saturated rings. The summed E-state index contributed by atoms with van der Waals surface area (Å²) in [7, 11) is 0. The Kier molecular flexibility index (Phi) is 8.57. The summed E-state index contributed by atoms with van der Waals surface area (Å²) in [4.78, 5) is 2.38. The molecule has 0 heterocycles. The molecule has 11 rings (SSSR count). The number of hydrogen-bond acceptors (Lipinski definition) is 1. The van der Waals surface area contributed by atoms with Gasteiger partial charge in [-0.3, -0.25) is 0 Å². The molecule has 0 amide bonds. The number of benzene rings is 10. The van der Waals surface area contributed by atoms with Crippen molar-refractivity contribution in [2.45, 2.75) is 19.3 Å². The zero-order chi connectivity index (χ0) is 40.2. The third-order valence-corrected chi connectivity index (χ3v) is 12.7. The highest BCUT2D eigenvalue weighted by Gasteiger charge is 2.36. The van der Waals surface area contributed by atoms with Crippen LogP contribution in [-0.2, 0) is 5.41 Å². The van der Waals surface area contributed by atoms with Crippen molar-refractivity contribution in [1.82, 2.24) is 0 Å². The minimum atomic E-state index is -0.0422. The minimum absolute atomic E-state index is 0.0422. The van der Waals surface area contributed by atoms with Crippen LogP contribution in [-0.4, -0.2) is 0 Å². The fourth-order valence-corrected chi connectivity index (χ4v) is 9.45. The second kappa shape index (κ2) is 14.4. The van der Waals surface area contributed by atoms with Gasteiger partial charge in [-0.2, -0.15) is 0 Å². The molecule has 1 aliphatic carbocycles. The van der Waals surface area contributed by atoms with Crippen molar-refractivity contribution in [3.05, 3.63) is 236 Å². The topological polar surface area (TPSA) is 3.24 Å². The highest BCUT2D eigenvalue weighted by atomic mass is 15.1. The van der Waals surface area contributed by atoms with E-state index in [0.717, 1.165) is 17.1 Å². The van der Waals surface area contributed by atoms with Crippen LogP contribution in [0.1, 0.15) is 25.0 Å². The fraction of sp³-hybridized carbons (Fsp3) is 0.0508. The van der Waals surface area contributed by atoms with E-state index in [9.17, 15) is 0 Å². The molecule has 0 N–H and O–H groups in total. The first-order valence-electron chi connectivity index (χ1n) is 20.9. The van der Waals surface area contributed by atoms with E-state index >= 15 is 0 Å². The molecule has 0 unspecified atom stereocenters. The summed E-state index contributed by atoms with van der Waals surface area (Å²) in [5.74, 6) is 0. The van der Waals surface area contributed by atoms with Crippen molar-refractivity contribution < 1.29 is 0 Å². The number of anilines is 3. The van der Waals surface area contributed by atoms with Gasteiger partial charge in [0.1, 0.15) is 0 Å². The molecule has 0 aliphatic heterocycles. The lowest BCUT2D eigenvalue weighted by atomic mass is 9.82. The van der Waals surface area contributed by atoms with Crippen LogP contribution < -0.4 is 4.90 Å². The van der Waals surface area contributed by atoms with Gasteiger partial charge in [-0.25, -0.2) is 0 Å². The van der Waals surface area contributed by atoms with Gasteiger partial charge in [0.25, 0.3) is 0 Å². The monoisotopic (exact) mass is 765 g/mol. The number of hydrogen-bond donors (Lipinski definition) is 0. The van der Waals surface area contributed by atoms with Gasteiger partial charge in [0.05, 0.1) is 0 Å². The fourth-order valence-electron chi connectivity index (χ4n) is 9.45. The molecule has 0 saturated heterocycles. The third-order valence-electron chi connectivity index (χ3n) is 12.7. The van der Waals surface area contributed by atoms with E-state index in [-0.39, 0.29) is 5.41 Å². The molecule has 0 bridgehead atoms. The molecule has 0 aromatic heterocycles. The van der Waals surface area contributed by atoms with E-state index in [2.05, 4.69) is 243 Å². The van der Waals surface area contributed by atoms with Crippen molar-refractivity contribution >= 4 is 38.6 Å². The molecule has 0 saturated carbocycles. The molecule has 0 spiro atoms. The highest BCUT2D eigenvalue weighted by Crippen LogP contribution is 2.52. The van der Waals surface area contributed by atoms with Crippen LogP contribution in [0.3, 0.4) is 0 Å². The van der Waals surface area contributed by atoms with Crippen molar-refractivity contribution in [2.75, 3.05) is 4.90 Å². The zero-order valence-corrected chi connectivity index (χ0v) is 33.8. The lowest BCUT2D eigenvalue weighted by Gasteiger charge is -2.26. The van der Waals surface area contributed by atoms with E-state index in [1.807, 2.05) is 0 Å². The summed E-state index contributed by atoms with van der Waals surface area (Å²) >= 11 is 0. The molecule has 1 heteroatoms. The van der Waals surface area contributed by atoms with Gasteiger partial charge >= 0.3 is 0 Å². The summed E-state index contributed by atoms with van der Waals surface area (Å²) in [5.41, 5.74) is 18.4. The van der Waals surface area contributed by atoms with Gasteiger partial charge in [-0.15, -0.1) is 0 Å². The number of nitrogens with zero attached hydrogens (tertiary/aromatic N) is 1. The van der Waals surface area contributed by atoms with Gasteiger partial charge in [0.2, 0.25) is 0 Å². The Balaban J connectivity index is 0.973. The lowest BCUT2D eigenvalue weighted by Crippen LogP contribution is -2.14. The second-order valence-electron chi connectivity index (χ2n) is 16.6. The van der Waals surface area contributed by atoms with E-state index in [4.69, 9.17) is 0 Å². The Morgan fingerprint density at radius 2 is 0.717 bits per heavy atom. The summed E-state index contributed by atoms with van der Waals surface area (Å²) in [6.45, 7) is 4.70. The summed E-state index contributed by atoms with van der Waals surface area (Å²) in [6.07, 6.45) is 0. The lowest BCUT2D eigenvalue weighted by molar-refractivity contribution is 0.660. The summed E-state index contributed by atoms with van der Waals surface area (Å²) in [5, 5.41) is 5.02. The van der Waals surface area contributed by atoms with E-state index < -0.39 is 0 Å². The van der Waals surface area contributed by atoms with Crippen molar-refractivity contribution in [1.29, 1.82) is 0 Å². The minimum Gasteiger partial charge on any atom is -0.310 e. The van der Waals surface area contributed by atoms with Crippen molar-refractivity contribution in [2.24, 2.45) is 0 Å². The van der Waals surface area contributed by atoms with E-state index in [0.29, 0.717) is 0 Å². The summed E-state index contributed by atoms with van der Waals surface area (Å²) < 4.78 is 0. The van der Waals surface area contributed by atoms with Crippen LogP contribution >= 0.6 is 0 Å². The first-order valence-corrected chi connectivity index (χ1v) is 20.9. The second-order valence-corrected chi connectivity index (χ2v) is 16.6. The Labute approximate surface area is 352 Å². The average molecular weight is 766 g/mol. The Morgan fingerprint density at radius 3 is 1.32 bits per heavy atom. The van der Waals surface area contributed by atoms with Crippen LogP contribution in [0.2, 0.25) is 0 Å². The van der Waals surface area contributed by atoms with Crippen LogP contribution in [0.15, 0.2) is 224 Å². The van der Waals surface area contributed by atoms with Gasteiger partial charge in [-0.05, 0) is 137 Å². The van der Waals surface area contributed by atoms with Gasteiger partial charge < -0.3 is 4.90 Å². The Bertz CT molecular complexity index is 3210. The Morgan fingerprint density at radius 1 is 0.283 bits per heavy atom. The SMILES string of the molecule is CC1(C)c2ccccc2-c2c(-c3ccc(N(c4ccc(-c5ccc6ccccc6c5)cc4)c4cccc(-c5ccc(-c6ccc7ccccc7c6)cc5)c4)cc3)cccc21. The van der Waals surface area contributed by atoms with Crippen molar-refractivity contribution in [3.8, 4) is 55.6 Å². The van der Waals surface area contributed by atoms with Crippen molar-refractivity contribution in [3.63, 3.8) is 0 Å². The van der Waals surface area contributed by atoms with Gasteiger partial charge in [0.15, 0.2) is 0 Å². The summed E-state index contributed by atoms with van der Waals surface area (Å²) in [6, 6.07) is 82.4. The maximum Gasteiger partial charge on any atom is 0.0467 e. The van der Waals surface area contributed by atoms with Gasteiger partial charge in [-0.1, -0.05) is 190 Å². The van der Waals surface area contributed by atoms with Crippen LogP contribution in [0.5, 0.6) is 0 Å². The molecule has 60 heavy (non-hydrogen) atoms. The maximum atomic E-state index is 2.38. The number of fused-ring (bicyclic) bond motifs is 5. The van der Waals surface area contributed by atoms with Crippen LogP contribution in [0.25, 0.3) is 77.2 Å². The zero-order valence-electron chi connectivity index (χ0n) is 33.8. The maximum absolute atomic E-state index is 2.38. The predicted molar refractivity (Wildman–Crippen MR) is 255 cm³/mol. The van der Waals surface area contributed by atoms with Gasteiger partial charge in [0, 0.05) is 22.5 Å². The van der Waals surface area contributed by atoms with Crippen LogP contribution in [0, 0.1) is 0 Å². The Hall–Kier alpha value is -7.48. The average Bonchev–Trinajstić information content (AvgIpc) is 3.55. The molecule has 10 aromatic rings. The first kappa shape index (κ1) is 35.7. The molecule has 0 atom stereocenters. The molecular formula is C59H43N. The molecular weight excluding hydrogens is 723 g/mol. The molecule has 1 nitrogen and oxygen atoms in total. The molecule has 284 valence electrons. The largest absolute Gasteiger partial charge is 0.310 e. The van der Waals surface area contributed by atoms with E-state index in [1.54, 1.807) is 0 Å². The third kappa shape index (κ3) is 6.19. The molecule has 1 aliphatic rings. The van der Waals surface area contributed by atoms with E-state index in [1.165, 1.54) is 88.3 Å². The molecule has 0 radical (unpaired) electrons. The standard InChI is InChI=1S/C59H43N/c1-59(2)56-19-8-7-17-55(56)58-54(18-10-20-57(58)59)45-31-35-52(36-32-45)60(51-33-29-44(30-34-51)50-28-26-41-12-4-6-14-47(41)38-50)53-16-9-15-48(39-53)42-21-23-43(24-22-42)49-27-25-40-11-3-5-13-46(40)37-49/h3-39H,1-2H3. The molecule has 10 aromatic carbocycles. The quantitative estimate of drug-likeness (QED) is 0.156.